The van der Waals surface area contributed by atoms with Crippen molar-refractivity contribution in [1.82, 2.24) is 0 Å². The van der Waals surface area contributed by atoms with E-state index in [0.29, 0.717) is 17.6 Å². The summed E-state index contributed by atoms with van der Waals surface area (Å²) >= 11 is 0. The first kappa shape index (κ1) is 16.4. The number of hydrogen-bond donors (Lipinski definition) is 0. The van der Waals surface area contributed by atoms with Crippen LogP contribution in [0.2, 0.25) is 0 Å². The molecular weight excluding hydrogens is 334 g/mol. The number of benzene rings is 2. The quantitative estimate of drug-likeness (QED) is 0.735. The maximum Gasteiger partial charge on any atom is 0.192 e. The van der Waals surface area contributed by atoms with Gasteiger partial charge in [-0.05, 0) is 17.4 Å². The van der Waals surface area contributed by atoms with E-state index in [1.54, 1.807) is 0 Å². The second kappa shape index (κ2) is 5.59. The Labute approximate surface area is 158 Å². The summed E-state index contributed by atoms with van der Waals surface area (Å²) < 4.78 is 0. The predicted molar refractivity (Wildman–Crippen MR) is 106 cm³/mol. The van der Waals surface area contributed by atoms with E-state index >= 15 is 0 Å². The lowest BCUT2D eigenvalue weighted by Crippen LogP contribution is -2.43. The Hall–Kier alpha value is -2.81. The minimum Gasteiger partial charge on any atom is -0.299 e. The Morgan fingerprint density at radius 3 is 2.26 bits per heavy atom. The number of hydrogen-bond acceptors (Lipinski definition) is 3. The minimum atomic E-state index is -0.322. The molecule has 27 heavy (non-hydrogen) atoms. The average molecular weight is 355 g/mol. The SMILES string of the molecule is CC1(C)CC(=O)C2C(=NC3=C(C(=O)c4ccccc43)[C@@H]2c2ccccc2)C1. The van der Waals surface area contributed by atoms with Crippen LogP contribution < -0.4 is 0 Å². The van der Waals surface area contributed by atoms with Gasteiger partial charge in [-0.3, -0.25) is 14.6 Å². The molecule has 0 spiro atoms. The lowest BCUT2D eigenvalue weighted by Gasteiger charge is -2.40. The van der Waals surface area contributed by atoms with Crippen molar-refractivity contribution in [3.63, 3.8) is 0 Å². The monoisotopic (exact) mass is 355 g/mol. The molecule has 1 fully saturated rings. The van der Waals surface area contributed by atoms with Crippen molar-refractivity contribution in [2.24, 2.45) is 16.3 Å². The van der Waals surface area contributed by atoms with E-state index < -0.39 is 0 Å². The van der Waals surface area contributed by atoms with Crippen molar-refractivity contribution in [3.05, 3.63) is 76.9 Å². The number of aliphatic imine (C=N–C) groups is 1. The van der Waals surface area contributed by atoms with Crippen molar-refractivity contribution in [2.75, 3.05) is 0 Å². The predicted octanol–water partition coefficient (Wildman–Crippen LogP) is 4.84. The second-order valence-corrected chi connectivity index (χ2v) is 8.59. The third kappa shape index (κ3) is 2.38. The van der Waals surface area contributed by atoms with E-state index in [1.807, 2.05) is 54.6 Å². The highest BCUT2D eigenvalue weighted by molar-refractivity contribution is 6.25. The molecule has 1 unspecified atom stereocenters. The summed E-state index contributed by atoms with van der Waals surface area (Å²) in [5, 5.41) is 0. The molecule has 0 amide bonds. The fraction of sp³-hybridized carbons (Fsp3) is 0.292. The van der Waals surface area contributed by atoms with Gasteiger partial charge in [0.1, 0.15) is 5.78 Å². The van der Waals surface area contributed by atoms with Gasteiger partial charge in [0.25, 0.3) is 0 Å². The van der Waals surface area contributed by atoms with Gasteiger partial charge in [-0.25, -0.2) is 0 Å². The molecule has 0 bridgehead atoms. The fourth-order valence-corrected chi connectivity index (χ4v) is 4.94. The van der Waals surface area contributed by atoms with Crippen LogP contribution in [0.3, 0.4) is 0 Å². The van der Waals surface area contributed by atoms with Crippen molar-refractivity contribution in [3.8, 4) is 0 Å². The molecule has 3 nitrogen and oxygen atoms in total. The van der Waals surface area contributed by atoms with Crippen LogP contribution in [0.1, 0.15) is 54.1 Å². The third-order valence-electron chi connectivity index (χ3n) is 6.00. The lowest BCUT2D eigenvalue weighted by molar-refractivity contribution is -0.124. The molecule has 2 aromatic carbocycles. The van der Waals surface area contributed by atoms with Gasteiger partial charge in [0.15, 0.2) is 5.78 Å². The first-order valence-corrected chi connectivity index (χ1v) is 9.50. The highest BCUT2D eigenvalue weighted by Crippen LogP contribution is 2.51. The number of ketones is 2. The molecule has 2 aromatic rings. The van der Waals surface area contributed by atoms with E-state index in [4.69, 9.17) is 4.99 Å². The Balaban J connectivity index is 1.76. The lowest BCUT2D eigenvalue weighted by atomic mass is 9.63. The van der Waals surface area contributed by atoms with Gasteiger partial charge >= 0.3 is 0 Å². The van der Waals surface area contributed by atoms with Crippen LogP contribution >= 0.6 is 0 Å². The van der Waals surface area contributed by atoms with Gasteiger partial charge in [-0.15, -0.1) is 0 Å². The summed E-state index contributed by atoms with van der Waals surface area (Å²) in [7, 11) is 0. The smallest absolute Gasteiger partial charge is 0.192 e. The van der Waals surface area contributed by atoms with Crippen LogP contribution in [0.15, 0.2) is 65.2 Å². The number of carbonyl (C=O) groups excluding carboxylic acids is 2. The number of carbonyl (C=O) groups is 2. The summed E-state index contributed by atoms with van der Waals surface area (Å²) in [6, 6.07) is 17.7. The van der Waals surface area contributed by atoms with Gasteiger partial charge in [0.05, 0.1) is 11.6 Å². The number of rotatable bonds is 1. The van der Waals surface area contributed by atoms with Crippen LogP contribution in [0.4, 0.5) is 0 Å². The van der Waals surface area contributed by atoms with Gasteiger partial charge in [-0.1, -0.05) is 68.4 Å². The first-order valence-electron chi connectivity index (χ1n) is 9.50. The van der Waals surface area contributed by atoms with Crippen LogP contribution in [0.25, 0.3) is 5.70 Å². The van der Waals surface area contributed by atoms with E-state index in [1.165, 1.54) is 0 Å². The largest absolute Gasteiger partial charge is 0.299 e. The topological polar surface area (TPSA) is 46.5 Å². The van der Waals surface area contributed by atoms with Crippen LogP contribution in [0.5, 0.6) is 0 Å². The molecule has 5 rings (SSSR count). The molecule has 134 valence electrons. The molecule has 1 aliphatic heterocycles. The third-order valence-corrected chi connectivity index (χ3v) is 6.00. The molecule has 2 atom stereocenters. The van der Waals surface area contributed by atoms with Crippen LogP contribution in [0, 0.1) is 11.3 Å². The van der Waals surface area contributed by atoms with E-state index in [-0.39, 0.29) is 28.8 Å². The molecule has 3 heteroatoms. The fourth-order valence-electron chi connectivity index (χ4n) is 4.94. The summed E-state index contributed by atoms with van der Waals surface area (Å²) in [5.74, 6) is -0.335. The molecule has 0 aromatic heterocycles. The molecule has 1 heterocycles. The zero-order valence-electron chi connectivity index (χ0n) is 15.5. The van der Waals surface area contributed by atoms with Crippen LogP contribution in [-0.4, -0.2) is 17.3 Å². The van der Waals surface area contributed by atoms with Crippen molar-refractivity contribution in [2.45, 2.75) is 32.6 Å². The molecule has 0 radical (unpaired) electrons. The Kier molecular flexibility index (Phi) is 3.39. The maximum atomic E-state index is 13.3. The Morgan fingerprint density at radius 2 is 1.52 bits per heavy atom. The van der Waals surface area contributed by atoms with Gasteiger partial charge in [0.2, 0.25) is 0 Å². The van der Waals surface area contributed by atoms with Crippen molar-refractivity contribution >= 4 is 23.0 Å². The number of nitrogens with zero attached hydrogens (tertiary/aromatic N) is 1. The molecular formula is C24H21NO2. The van der Waals surface area contributed by atoms with Gasteiger partial charge < -0.3 is 0 Å². The summed E-state index contributed by atoms with van der Waals surface area (Å²) in [4.78, 5) is 31.4. The summed E-state index contributed by atoms with van der Waals surface area (Å²) in [5.41, 5.74) is 4.96. The molecule has 0 N–H and O–H groups in total. The number of Topliss-reactive ketones (excluding diaryl/α,β-unsaturated/α-hetero) is 2. The first-order chi connectivity index (χ1) is 13.0. The minimum absolute atomic E-state index is 0.0230. The van der Waals surface area contributed by atoms with E-state index in [9.17, 15) is 9.59 Å². The van der Waals surface area contributed by atoms with Crippen molar-refractivity contribution in [1.29, 1.82) is 0 Å². The normalized spacial score (nSPS) is 25.6. The van der Waals surface area contributed by atoms with Crippen LogP contribution in [-0.2, 0) is 4.79 Å². The average Bonchev–Trinajstić information content (AvgIpc) is 2.92. The highest BCUT2D eigenvalue weighted by atomic mass is 16.1. The number of allylic oxidation sites excluding steroid dienone is 1. The Bertz CT molecular complexity index is 1040. The van der Waals surface area contributed by atoms with E-state index in [0.717, 1.165) is 29.0 Å². The molecule has 2 aliphatic carbocycles. The molecule has 1 saturated carbocycles. The molecule has 0 saturated heterocycles. The molecule has 3 aliphatic rings. The zero-order chi connectivity index (χ0) is 18.8. The second-order valence-electron chi connectivity index (χ2n) is 8.59. The standard InChI is InChI=1S/C24H21NO2/c1-24(2)12-17-20(18(26)13-24)19(14-8-4-3-5-9-14)21-22(25-17)15-10-6-7-11-16(15)23(21)27/h3-11,19-20H,12-13H2,1-2H3/t19-,20?/m1/s1. The highest BCUT2D eigenvalue weighted by Gasteiger charge is 2.49. The van der Waals surface area contributed by atoms with Crippen molar-refractivity contribution < 1.29 is 9.59 Å². The van der Waals surface area contributed by atoms with Gasteiger partial charge in [0, 0.05) is 34.8 Å². The van der Waals surface area contributed by atoms with Gasteiger partial charge in [-0.2, -0.15) is 0 Å². The number of fused-ring (bicyclic) bond motifs is 3. The zero-order valence-corrected chi connectivity index (χ0v) is 15.5. The Morgan fingerprint density at radius 1 is 0.852 bits per heavy atom. The summed E-state index contributed by atoms with van der Waals surface area (Å²) in [6.45, 7) is 4.25. The van der Waals surface area contributed by atoms with E-state index in [2.05, 4.69) is 13.8 Å². The maximum absolute atomic E-state index is 13.3. The summed E-state index contributed by atoms with van der Waals surface area (Å²) in [6.07, 6.45) is 1.32.